The van der Waals surface area contributed by atoms with E-state index in [1.165, 1.54) is 10.3 Å². The van der Waals surface area contributed by atoms with E-state index in [9.17, 15) is 14.0 Å². The van der Waals surface area contributed by atoms with E-state index in [0.717, 1.165) is 37.6 Å². The van der Waals surface area contributed by atoms with Crippen LogP contribution in [0.1, 0.15) is 25.7 Å². The predicted molar refractivity (Wildman–Crippen MR) is 109 cm³/mol. The molecule has 0 aliphatic rings. The van der Waals surface area contributed by atoms with Gasteiger partial charge in [-0.1, -0.05) is 0 Å². The summed E-state index contributed by atoms with van der Waals surface area (Å²) in [6, 6.07) is 12.6. The Labute approximate surface area is 167 Å². The van der Waals surface area contributed by atoms with E-state index in [4.69, 9.17) is 0 Å². The van der Waals surface area contributed by atoms with Gasteiger partial charge in [0, 0.05) is 0 Å². The van der Waals surface area contributed by atoms with Crippen LogP contribution in [-0.2, 0) is 13.1 Å². The molecule has 0 radical (unpaired) electrons. The molecule has 0 bridgehead atoms. The van der Waals surface area contributed by atoms with Crippen LogP contribution in [0.25, 0.3) is 19.3 Å². The standard InChI is InChI=1S/C20H19FN2O2Se2/c21-16-10-7-9-15-18(16)27-23(20(15)25)13-6-2-1-5-12-22-19(24)14-8-3-4-11-17(14)26-22/h3-4,7-11H,1-2,5-6,12-13H2. The Morgan fingerprint density at radius 1 is 0.741 bits per heavy atom. The Morgan fingerprint density at radius 2 is 1.37 bits per heavy atom. The fraction of sp³-hybridized carbons (Fsp3) is 0.300. The van der Waals surface area contributed by atoms with Gasteiger partial charge in [-0.05, 0) is 0 Å². The molecule has 0 atom stereocenters. The van der Waals surface area contributed by atoms with E-state index in [-0.39, 0.29) is 46.4 Å². The normalized spacial score (nSPS) is 11.6. The zero-order valence-corrected chi connectivity index (χ0v) is 18.1. The number of nitrogens with zero attached hydrogens (tertiary/aromatic N) is 2. The Hall–Kier alpha value is -1.65. The van der Waals surface area contributed by atoms with Gasteiger partial charge in [-0.15, -0.1) is 0 Å². The predicted octanol–water partition coefficient (Wildman–Crippen LogP) is 2.83. The topological polar surface area (TPSA) is 44.0 Å². The van der Waals surface area contributed by atoms with Crippen molar-refractivity contribution in [1.82, 2.24) is 7.12 Å². The van der Waals surface area contributed by atoms with Crippen LogP contribution < -0.4 is 11.1 Å². The van der Waals surface area contributed by atoms with E-state index >= 15 is 0 Å². The fourth-order valence-electron chi connectivity index (χ4n) is 3.23. The maximum atomic E-state index is 13.8. The Kier molecular flexibility index (Phi) is 5.65. The van der Waals surface area contributed by atoms with Crippen LogP contribution in [0.15, 0.2) is 52.1 Å². The van der Waals surface area contributed by atoms with Crippen molar-refractivity contribution in [3.63, 3.8) is 0 Å². The number of hydrogen-bond acceptors (Lipinski definition) is 2. The van der Waals surface area contributed by atoms with Crippen molar-refractivity contribution in [2.75, 3.05) is 0 Å². The molecular formula is C20H19FN2O2Se2. The molecule has 0 saturated carbocycles. The SMILES string of the molecule is O=c1c2ccccc2[se]n1CCCCCCn1[se]c2c(F)cccc2c1=O. The molecule has 0 amide bonds. The molecule has 0 saturated heterocycles. The quantitative estimate of drug-likeness (QED) is 0.292. The van der Waals surface area contributed by atoms with Crippen LogP contribution in [0.4, 0.5) is 4.39 Å². The zero-order chi connectivity index (χ0) is 18.8. The van der Waals surface area contributed by atoms with Crippen molar-refractivity contribution in [3.8, 4) is 0 Å². The first-order valence-corrected chi connectivity index (χ1v) is 12.3. The molecule has 27 heavy (non-hydrogen) atoms. The van der Waals surface area contributed by atoms with Crippen LogP contribution in [0.5, 0.6) is 0 Å². The van der Waals surface area contributed by atoms with Gasteiger partial charge in [0.05, 0.1) is 0 Å². The van der Waals surface area contributed by atoms with E-state index in [1.54, 1.807) is 15.7 Å². The Bertz CT molecular complexity index is 1200. The zero-order valence-electron chi connectivity index (χ0n) is 14.7. The molecule has 0 aliphatic heterocycles. The first-order valence-electron chi connectivity index (χ1n) is 9.02. The van der Waals surface area contributed by atoms with Crippen molar-refractivity contribution in [2.45, 2.75) is 38.8 Å². The van der Waals surface area contributed by atoms with Crippen molar-refractivity contribution >= 4 is 48.8 Å². The number of halogens is 1. The van der Waals surface area contributed by atoms with Crippen molar-refractivity contribution in [3.05, 3.63) is 69.0 Å². The van der Waals surface area contributed by atoms with Gasteiger partial charge in [0.25, 0.3) is 0 Å². The third-order valence-electron chi connectivity index (χ3n) is 4.65. The first kappa shape index (κ1) is 18.7. The van der Waals surface area contributed by atoms with Gasteiger partial charge in [0.15, 0.2) is 0 Å². The first-order chi connectivity index (χ1) is 13.1. The van der Waals surface area contributed by atoms with Crippen LogP contribution in [0.2, 0.25) is 0 Å². The molecule has 2 aromatic heterocycles. The number of hydrogen-bond donors (Lipinski definition) is 0. The molecule has 0 aliphatic carbocycles. The van der Waals surface area contributed by atoms with E-state index in [0.29, 0.717) is 16.2 Å². The van der Waals surface area contributed by atoms with Crippen LogP contribution in [0.3, 0.4) is 0 Å². The summed E-state index contributed by atoms with van der Waals surface area (Å²) in [6.07, 6.45) is 3.95. The molecule has 4 aromatic rings. The molecule has 7 heteroatoms. The van der Waals surface area contributed by atoms with Gasteiger partial charge >= 0.3 is 168 Å². The number of aryl methyl sites for hydroxylation is 2. The maximum absolute atomic E-state index is 13.8. The molecule has 0 unspecified atom stereocenters. The second-order valence-corrected chi connectivity index (χ2v) is 10.9. The van der Waals surface area contributed by atoms with Crippen LogP contribution in [-0.4, -0.2) is 36.6 Å². The molecular weight excluding hydrogens is 477 g/mol. The van der Waals surface area contributed by atoms with Gasteiger partial charge in [-0.2, -0.15) is 0 Å². The van der Waals surface area contributed by atoms with E-state index in [2.05, 4.69) is 0 Å². The van der Waals surface area contributed by atoms with Crippen molar-refractivity contribution in [1.29, 1.82) is 0 Å². The van der Waals surface area contributed by atoms with Crippen molar-refractivity contribution in [2.24, 2.45) is 0 Å². The number of unbranched alkanes of at least 4 members (excludes halogenated alkanes) is 3. The monoisotopic (exact) mass is 498 g/mol. The number of rotatable bonds is 7. The third-order valence-corrected chi connectivity index (χ3v) is 9.45. The van der Waals surface area contributed by atoms with Crippen LogP contribution in [0, 0.1) is 5.82 Å². The Balaban J connectivity index is 1.29. The molecule has 140 valence electrons. The molecule has 2 heterocycles. The summed E-state index contributed by atoms with van der Waals surface area (Å²) >= 11 is -0.137. The van der Waals surface area contributed by atoms with Crippen molar-refractivity contribution < 1.29 is 4.39 Å². The molecule has 0 N–H and O–H groups in total. The average Bonchev–Trinajstić information content (AvgIpc) is 3.17. The van der Waals surface area contributed by atoms with Gasteiger partial charge in [-0.25, -0.2) is 0 Å². The minimum absolute atomic E-state index is 0.0346. The molecule has 4 nitrogen and oxygen atoms in total. The number of fused-ring (bicyclic) bond motifs is 2. The van der Waals surface area contributed by atoms with Gasteiger partial charge in [-0.3, -0.25) is 0 Å². The minimum atomic E-state index is -0.262. The summed E-state index contributed by atoms with van der Waals surface area (Å²) in [6.45, 7) is 1.49. The second kappa shape index (κ2) is 8.15. The van der Waals surface area contributed by atoms with Gasteiger partial charge in [0.1, 0.15) is 0 Å². The van der Waals surface area contributed by atoms with Gasteiger partial charge < -0.3 is 0 Å². The average molecular weight is 496 g/mol. The summed E-state index contributed by atoms with van der Waals surface area (Å²) in [4.78, 5) is 24.7. The van der Waals surface area contributed by atoms with Gasteiger partial charge in [0.2, 0.25) is 0 Å². The number of benzene rings is 2. The second-order valence-electron chi connectivity index (χ2n) is 6.52. The summed E-state index contributed by atoms with van der Waals surface area (Å²) in [7, 11) is 0. The molecule has 0 spiro atoms. The summed E-state index contributed by atoms with van der Waals surface area (Å²) in [5.74, 6) is -0.262. The summed E-state index contributed by atoms with van der Waals surface area (Å²) in [5, 5.41) is 1.39. The molecule has 2 aromatic carbocycles. The molecule has 0 fully saturated rings. The van der Waals surface area contributed by atoms with E-state index < -0.39 is 0 Å². The van der Waals surface area contributed by atoms with Crippen LogP contribution >= 0.6 is 0 Å². The Morgan fingerprint density at radius 3 is 2.07 bits per heavy atom. The summed E-state index contributed by atoms with van der Waals surface area (Å²) < 4.78 is 19.3. The molecule has 4 rings (SSSR count). The number of aromatic nitrogens is 2. The van der Waals surface area contributed by atoms with E-state index in [1.807, 2.05) is 27.8 Å². The fourth-order valence-corrected chi connectivity index (χ4v) is 7.56. The third kappa shape index (κ3) is 3.83. The summed E-state index contributed by atoms with van der Waals surface area (Å²) in [5.41, 5.74) is 0.128.